The Hall–Kier alpha value is -2.09. The van der Waals surface area contributed by atoms with Gasteiger partial charge in [-0.3, -0.25) is 4.79 Å². The van der Waals surface area contributed by atoms with Gasteiger partial charge in [-0.25, -0.2) is 0 Å². The second kappa shape index (κ2) is 3.98. The summed E-state index contributed by atoms with van der Waals surface area (Å²) in [7, 11) is 0. The number of carbonyl (C=O) groups is 1. The van der Waals surface area contributed by atoms with Crippen LogP contribution in [-0.4, -0.2) is 5.97 Å². The highest BCUT2D eigenvalue weighted by molar-refractivity contribution is 6.08. The minimum atomic E-state index is -0.244. The van der Waals surface area contributed by atoms with Crippen LogP contribution in [0.15, 0.2) is 30.3 Å². The maximum absolute atomic E-state index is 10.9. The molecule has 0 fully saturated rings. The van der Waals surface area contributed by atoms with Gasteiger partial charge in [-0.05, 0) is 52.1 Å². The van der Waals surface area contributed by atoms with Crippen LogP contribution in [0, 0.1) is 0 Å². The maximum atomic E-state index is 10.9. The van der Waals surface area contributed by atoms with E-state index in [2.05, 4.69) is 43.3 Å². The lowest BCUT2D eigenvalue weighted by Crippen LogP contribution is -1.99. The number of allylic oxidation sites excluding steroid dienone is 1. The largest absolute Gasteiger partial charge is 0.461 e. The summed E-state index contributed by atoms with van der Waals surface area (Å²) >= 11 is 0. The molecule has 2 aromatic rings. The van der Waals surface area contributed by atoms with Gasteiger partial charge in [0.25, 0.3) is 0 Å². The second-order valence-corrected chi connectivity index (χ2v) is 4.70. The third-order valence-corrected chi connectivity index (χ3v) is 3.31. The summed E-state index contributed by atoms with van der Waals surface area (Å²) < 4.78 is 5.06. The third kappa shape index (κ3) is 1.70. The molecular formula is C16H14O2. The van der Waals surface area contributed by atoms with Crippen molar-refractivity contribution in [1.29, 1.82) is 0 Å². The molecule has 90 valence electrons. The van der Waals surface area contributed by atoms with Crippen LogP contribution in [-0.2, 0) is 16.1 Å². The molecule has 2 aromatic carbocycles. The summed E-state index contributed by atoms with van der Waals surface area (Å²) in [5, 5.41) is 2.52. The number of esters is 1. The summed E-state index contributed by atoms with van der Waals surface area (Å²) in [4.78, 5) is 10.9. The van der Waals surface area contributed by atoms with Crippen molar-refractivity contribution in [2.24, 2.45) is 0 Å². The summed E-state index contributed by atoms with van der Waals surface area (Å²) in [6, 6.07) is 10.5. The molecule has 18 heavy (non-hydrogen) atoms. The second-order valence-electron chi connectivity index (χ2n) is 4.70. The van der Waals surface area contributed by atoms with Crippen LogP contribution in [0.4, 0.5) is 0 Å². The van der Waals surface area contributed by atoms with Gasteiger partial charge in [0.15, 0.2) is 0 Å². The monoisotopic (exact) mass is 238 g/mol. The molecule has 0 atom stereocenters. The van der Waals surface area contributed by atoms with Crippen LogP contribution >= 0.6 is 0 Å². The molecule has 0 unspecified atom stereocenters. The van der Waals surface area contributed by atoms with E-state index >= 15 is 0 Å². The average Bonchev–Trinajstić information content (AvgIpc) is 2.66. The van der Waals surface area contributed by atoms with Gasteiger partial charge in [0, 0.05) is 6.92 Å². The first kappa shape index (κ1) is 11.0. The average molecular weight is 238 g/mol. The fraction of sp³-hybridized carbons (Fsp3) is 0.188. The van der Waals surface area contributed by atoms with Gasteiger partial charge < -0.3 is 4.74 Å². The molecule has 1 aliphatic carbocycles. The van der Waals surface area contributed by atoms with Crippen LogP contribution in [0.3, 0.4) is 0 Å². The van der Waals surface area contributed by atoms with Crippen LogP contribution < -0.4 is 0 Å². The summed E-state index contributed by atoms with van der Waals surface area (Å²) in [6.45, 7) is 3.90. The highest BCUT2D eigenvalue weighted by Gasteiger charge is 2.14. The van der Waals surface area contributed by atoms with E-state index in [0.29, 0.717) is 6.61 Å². The smallest absolute Gasteiger partial charge is 0.302 e. The predicted octanol–water partition coefficient (Wildman–Crippen LogP) is 3.78. The number of carbonyl (C=O) groups excluding carboxylic acids is 1. The number of hydrogen-bond acceptors (Lipinski definition) is 2. The number of benzene rings is 2. The van der Waals surface area contributed by atoms with Crippen molar-refractivity contribution >= 4 is 28.4 Å². The minimum absolute atomic E-state index is 0.244. The van der Waals surface area contributed by atoms with Crippen molar-refractivity contribution in [1.82, 2.24) is 0 Å². The van der Waals surface area contributed by atoms with Crippen molar-refractivity contribution < 1.29 is 9.53 Å². The molecule has 0 amide bonds. The van der Waals surface area contributed by atoms with E-state index in [9.17, 15) is 4.79 Å². The quantitative estimate of drug-likeness (QED) is 0.744. The zero-order valence-electron chi connectivity index (χ0n) is 10.5. The first-order valence-corrected chi connectivity index (χ1v) is 6.03. The van der Waals surface area contributed by atoms with Crippen molar-refractivity contribution in [3.8, 4) is 0 Å². The van der Waals surface area contributed by atoms with Crippen LogP contribution in [0.1, 0.15) is 30.5 Å². The zero-order chi connectivity index (χ0) is 12.7. The van der Waals surface area contributed by atoms with Crippen molar-refractivity contribution in [2.45, 2.75) is 20.5 Å². The molecule has 0 radical (unpaired) electrons. The standard InChI is InChI=1S/C16H14O2/c1-10-6-14-8-12(9-18-11(2)17)7-13-4-3-5-15(10)16(13)14/h3-8H,9H2,1-2H3. The van der Waals surface area contributed by atoms with Gasteiger partial charge in [0.2, 0.25) is 0 Å². The molecule has 0 heterocycles. The van der Waals surface area contributed by atoms with Crippen molar-refractivity contribution in [3.05, 3.63) is 47.0 Å². The van der Waals surface area contributed by atoms with Gasteiger partial charge in [0.05, 0.1) is 0 Å². The van der Waals surface area contributed by atoms with Gasteiger partial charge >= 0.3 is 5.97 Å². The number of hydrogen-bond donors (Lipinski definition) is 0. The van der Waals surface area contributed by atoms with Crippen molar-refractivity contribution in [3.63, 3.8) is 0 Å². The number of rotatable bonds is 2. The molecule has 2 nitrogen and oxygen atoms in total. The third-order valence-electron chi connectivity index (χ3n) is 3.31. The molecule has 0 aromatic heterocycles. The Bertz CT molecular complexity index is 681. The summed E-state index contributed by atoms with van der Waals surface area (Å²) in [6.07, 6.45) is 2.19. The van der Waals surface area contributed by atoms with Crippen molar-refractivity contribution in [2.75, 3.05) is 0 Å². The van der Waals surface area contributed by atoms with Crippen LogP contribution in [0.25, 0.3) is 22.4 Å². The van der Waals surface area contributed by atoms with Gasteiger partial charge in [0.1, 0.15) is 6.61 Å². The molecule has 0 saturated carbocycles. The van der Waals surface area contributed by atoms with E-state index in [1.54, 1.807) is 0 Å². The molecule has 0 saturated heterocycles. The van der Waals surface area contributed by atoms with Gasteiger partial charge in [-0.15, -0.1) is 0 Å². The molecule has 0 bridgehead atoms. The molecular weight excluding hydrogens is 224 g/mol. The Morgan fingerprint density at radius 2 is 2.11 bits per heavy atom. The Morgan fingerprint density at radius 3 is 2.89 bits per heavy atom. The maximum Gasteiger partial charge on any atom is 0.302 e. The predicted molar refractivity (Wildman–Crippen MR) is 73.0 cm³/mol. The minimum Gasteiger partial charge on any atom is -0.461 e. The molecule has 1 aliphatic rings. The first-order chi connectivity index (χ1) is 8.65. The van der Waals surface area contributed by atoms with Gasteiger partial charge in [-0.1, -0.05) is 24.3 Å². The summed E-state index contributed by atoms with van der Waals surface area (Å²) in [5.41, 5.74) is 4.86. The molecule has 0 aliphatic heterocycles. The van der Waals surface area contributed by atoms with E-state index in [-0.39, 0.29) is 5.97 Å². The number of ether oxygens (including phenoxy) is 1. The lowest BCUT2D eigenvalue weighted by atomic mass is 10.0. The van der Waals surface area contributed by atoms with E-state index in [0.717, 1.165) is 5.56 Å². The molecule has 0 spiro atoms. The van der Waals surface area contributed by atoms with E-state index in [1.165, 1.54) is 34.4 Å². The van der Waals surface area contributed by atoms with Crippen LogP contribution in [0.2, 0.25) is 0 Å². The lowest BCUT2D eigenvalue weighted by Gasteiger charge is -2.07. The molecule has 3 rings (SSSR count). The van der Waals surface area contributed by atoms with E-state index in [4.69, 9.17) is 4.74 Å². The lowest BCUT2D eigenvalue weighted by molar-refractivity contribution is -0.142. The Kier molecular flexibility index (Phi) is 2.44. The highest BCUT2D eigenvalue weighted by Crippen LogP contribution is 2.36. The van der Waals surface area contributed by atoms with E-state index in [1.807, 2.05) is 0 Å². The van der Waals surface area contributed by atoms with E-state index < -0.39 is 0 Å². The SMILES string of the molecule is CC(=O)OCc1cc2c3c(cccc3c1)C(C)=C2. The van der Waals surface area contributed by atoms with Gasteiger partial charge in [-0.2, -0.15) is 0 Å². The fourth-order valence-electron chi connectivity index (χ4n) is 2.55. The zero-order valence-corrected chi connectivity index (χ0v) is 10.5. The Balaban J connectivity index is 2.11. The molecule has 0 N–H and O–H groups in total. The fourth-order valence-corrected chi connectivity index (χ4v) is 2.55. The molecule has 2 heteroatoms. The Labute approximate surface area is 106 Å². The topological polar surface area (TPSA) is 26.3 Å². The highest BCUT2D eigenvalue weighted by atomic mass is 16.5. The first-order valence-electron chi connectivity index (χ1n) is 6.03. The Morgan fingerprint density at radius 1 is 1.28 bits per heavy atom. The normalized spacial score (nSPS) is 12.7. The van der Waals surface area contributed by atoms with Crippen LogP contribution in [0.5, 0.6) is 0 Å². The summed E-state index contributed by atoms with van der Waals surface area (Å²) in [5.74, 6) is -0.244.